The van der Waals surface area contributed by atoms with Crippen LogP contribution in [0.4, 0.5) is 0 Å². The molecule has 3 N–H and O–H groups in total. The zero-order chi connectivity index (χ0) is 15.2. The topological polar surface area (TPSA) is 75.4 Å². The summed E-state index contributed by atoms with van der Waals surface area (Å²) >= 11 is 0. The Bertz CT molecular complexity index is 493. The van der Waals surface area contributed by atoms with Crippen LogP contribution in [0.15, 0.2) is 24.3 Å². The van der Waals surface area contributed by atoms with Gasteiger partial charge in [0.15, 0.2) is 0 Å². The van der Waals surface area contributed by atoms with Gasteiger partial charge in [-0.25, -0.2) is 0 Å². The maximum atomic E-state index is 12.1. The van der Waals surface area contributed by atoms with Crippen LogP contribution in [-0.4, -0.2) is 42.4 Å². The summed E-state index contributed by atoms with van der Waals surface area (Å²) in [7, 11) is 0. The number of carbonyl (C=O) groups excluding carboxylic acids is 2. The van der Waals surface area contributed by atoms with Gasteiger partial charge in [0.2, 0.25) is 5.91 Å². The molecule has 5 nitrogen and oxygen atoms in total. The summed E-state index contributed by atoms with van der Waals surface area (Å²) in [5, 5.41) is 2.77. The van der Waals surface area contributed by atoms with E-state index in [1.165, 1.54) is 0 Å². The molecule has 0 bridgehead atoms. The van der Waals surface area contributed by atoms with E-state index >= 15 is 0 Å². The lowest BCUT2D eigenvalue weighted by Crippen LogP contribution is -2.45. The molecular formula is C16H23N3O2. The maximum absolute atomic E-state index is 12.1. The van der Waals surface area contributed by atoms with Crippen molar-refractivity contribution in [2.75, 3.05) is 19.6 Å². The molecule has 0 aromatic heterocycles. The van der Waals surface area contributed by atoms with Crippen molar-refractivity contribution in [3.05, 3.63) is 35.4 Å². The Morgan fingerprint density at radius 1 is 1.24 bits per heavy atom. The first-order valence-corrected chi connectivity index (χ1v) is 7.50. The van der Waals surface area contributed by atoms with E-state index in [4.69, 9.17) is 5.73 Å². The molecule has 1 heterocycles. The molecule has 0 radical (unpaired) electrons. The van der Waals surface area contributed by atoms with E-state index in [2.05, 4.69) is 5.32 Å². The molecule has 1 aliphatic rings. The number of nitrogens with zero attached hydrogens (tertiary/aromatic N) is 1. The summed E-state index contributed by atoms with van der Waals surface area (Å²) in [5.74, 6) is -0.213. The largest absolute Gasteiger partial charge is 0.341 e. The molecule has 1 saturated heterocycles. The SMILES string of the molecule is CC(NC(=O)c1ccc(CCN)cc1)C(=O)N1CCCC1. The number of nitrogens with one attached hydrogen (secondary N) is 1. The van der Waals surface area contributed by atoms with Crippen LogP contribution in [0.1, 0.15) is 35.7 Å². The smallest absolute Gasteiger partial charge is 0.251 e. The van der Waals surface area contributed by atoms with E-state index in [0.717, 1.165) is 37.9 Å². The molecule has 0 spiro atoms. The number of hydrogen-bond acceptors (Lipinski definition) is 3. The van der Waals surface area contributed by atoms with Gasteiger partial charge >= 0.3 is 0 Å². The number of nitrogens with two attached hydrogens (primary N) is 1. The molecule has 1 unspecified atom stereocenters. The Balaban J connectivity index is 1.92. The number of amides is 2. The average Bonchev–Trinajstić information content (AvgIpc) is 3.01. The second-order valence-electron chi connectivity index (χ2n) is 5.46. The Morgan fingerprint density at radius 2 is 1.86 bits per heavy atom. The predicted molar refractivity (Wildman–Crippen MR) is 81.9 cm³/mol. The highest BCUT2D eigenvalue weighted by molar-refractivity contribution is 5.97. The van der Waals surface area contributed by atoms with Gasteiger partial charge in [-0.05, 0) is 50.4 Å². The third-order valence-electron chi connectivity index (χ3n) is 3.78. The number of benzene rings is 1. The van der Waals surface area contributed by atoms with Gasteiger partial charge in [0, 0.05) is 18.7 Å². The summed E-state index contributed by atoms with van der Waals surface area (Å²) < 4.78 is 0. The van der Waals surface area contributed by atoms with Gasteiger partial charge in [-0.2, -0.15) is 0 Å². The van der Waals surface area contributed by atoms with Crippen LogP contribution in [-0.2, 0) is 11.2 Å². The lowest BCUT2D eigenvalue weighted by molar-refractivity contribution is -0.131. The summed E-state index contributed by atoms with van der Waals surface area (Å²) in [4.78, 5) is 26.1. The predicted octanol–water partition coefficient (Wildman–Crippen LogP) is 0.928. The normalized spacial score (nSPS) is 15.8. The summed E-state index contributed by atoms with van der Waals surface area (Å²) in [5.41, 5.74) is 7.17. The van der Waals surface area contributed by atoms with Crippen LogP contribution < -0.4 is 11.1 Å². The minimum Gasteiger partial charge on any atom is -0.341 e. The second kappa shape index (κ2) is 7.22. The lowest BCUT2D eigenvalue weighted by atomic mass is 10.1. The lowest BCUT2D eigenvalue weighted by Gasteiger charge is -2.21. The van der Waals surface area contributed by atoms with Crippen molar-refractivity contribution in [2.24, 2.45) is 5.73 Å². The highest BCUT2D eigenvalue weighted by atomic mass is 16.2. The monoisotopic (exact) mass is 289 g/mol. The Kier molecular flexibility index (Phi) is 5.33. The first kappa shape index (κ1) is 15.5. The van der Waals surface area contributed by atoms with Crippen molar-refractivity contribution in [2.45, 2.75) is 32.2 Å². The van der Waals surface area contributed by atoms with Gasteiger partial charge in [-0.1, -0.05) is 12.1 Å². The highest BCUT2D eigenvalue weighted by Crippen LogP contribution is 2.10. The molecule has 1 aromatic carbocycles. The van der Waals surface area contributed by atoms with Crippen LogP contribution in [0.3, 0.4) is 0 Å². The minimum atomic E-state index is -0.487. The standard InChI is InChI=1S/C16H23N3O2/c1-12(16(21)19-10-2-3-11-19)18-15(20)14-6-4-13(5-7-14)8-9-17/h4-7,12H,2-3,8-11,17H2,1H3,(H,18,20). The molecule has 2 rings (SSSR count). The Hall–Kier alpha value is -1.88. The second-order valence-corrected chi connectivity index (χ2v) is 5.46. The van der Waals surface area contributed by atoms with Crippen molar-refractivity contribution >= 4 is 11.8 Å². The van der Waals surface area contributed by atoms with Crippen LogP contribution in [0.2, 0.25) is 0 Å². The maximum Gasteiger partial charge on any atom is 0.251 e. The molecule has 0 aliphatic carbocycles. The van der Waals surface area contributed by atoms with Gasteiger partial charge in [0.25, 0.3) is 5.91 Å². The third kappa shape index (κ3) is 4.04. The molecule has 21 heavy (non-hydrogen) atoms. The van der Waals surface area contributed by atoms with Gasteiger partial charge < -0.3 is 16.0 Å². The van der Waals surface area contributed by atoms with E-state index in [-0.39, 0.29) is 11.8 Å². The Morgan fingerprint density at radius 3 is 2.43 bits per heavy atom. The van der Waals surface area contributed by atoms with Crippen LogP contribution in [0, 0.1) is 0 Å². The van der Waals surface area contributed by atoms with Crippen molar-refractivity contribution in [3.8, 4) is 0 Å². The van der Waals surface area contributed by atoms with Crippen molar-refractivity contribution in [3.63, 3.8) is 0 Å². The molecule has 5 heteroatoms. The molecule has 0 saturated carbocycles. The fraction of sp³-hybridized carbons (Fsp3) is 0.500. The molecule has 1 fully saturated rings. The number of carbonyl (C=O) groups is 2. The first-order chi connectivity index (χ1) is 10.1. The van der Waals surface area contributed by atoms with E-state index in [1.807, 2.05) is 17.0 Å². The first-order valence-electron chi connectivity index (χ1n) is 7.50. The van der Waals surface area contributed by atoms with E-state index in [9.17, 15) is 9.59 Å². The van der Waals surface area contributed by atoms with Crippen molar-refractivity contribution in [1.29, 1.82) is 0 Å². The zero-order valence-corrected chi connectivity index (χ0v) is 12.5. The summed E-state index contributed by atoms with van der Waals surface area (Å²) in [6, 6.07) is 6.85. The number of hydrogen-bond donors (Lipinski definition) is 2. The number of likely N-dealkylation sites (tertiary alicyclic amines) is 1. The average molecular weight is 289 g/mol. The molecule has 1 atom stereocenters. The van der Waals surface area contributed by atoms with Crippen LogP contribution in [0.25, 0.3) is 0 Å². The van der Waals surface area contributed by atoms with Crippen LogP contribution >= 0.6 is 0 Å². The molecule has 2 amide bonds. The van der Waals surface area contributed by atoms with Gasteiger partial charge in [0.05, 0.1) is 0 Å². The molecule has 1 aliphatic heterocycles. The minimum absolute atomic E-state index is 0.000557. The van der Waals surface area contributed by atoms with Crippen LogP contribution in [0.5, 0.6) is 0 Å². The van der Waals surface area contributed by atoms with Crippen molar-refractivity contribution < 1.29 is 9.59 Å². The zero-order valence-electron chi connectivity index (χ0n) is 12.5. The summed E-state index contributed by atoms with van der Waals surface area (Å²) in [6.45, 7) is 3.92. The molecule has 114 valence electrons. The third-order valence-corrected chi connectivity index (χ3v) is 3.78. The fourth-order valence-electron chi connectivity index (χ4n) is 2.54. The Labute approximate surface area is 125 Å². The van der Waals surface area contributed by atoms with E-state index in [1.54, 1.807) is 19.1 Å². The van der Waals surface area contributed by atoms with E-state index < -0.39 is 6.04 Å². The van der Waals surface area contributed by atoms with Gasteiger partial charge in [-0.15, -0.1) is 0 Å². The quantitative estimate of drug-likeness (QED) is 0.846. The van der Waals surface area contributed by atoms with Crippen molar-refractivity contribution in [1.82, 2.24) is 10.2 Å². The summed E-state index contributed by atoms with van der Waals surface area (Å²) in [6.07, 6.45) is 2.90. The molecular weight excluding hydrogens is 266 g/mol. The van der Waals surface area contributed by atoms with Gasteiger partial charge in [0.1, 0.15) is 6.04 Å². The van der Waals surface area contributed by atoms with E-state index in [0.29, 0.717) is 12.1 Å². The highest BCUT2D eigenvalue weighted by Gasteiger charge is 2.24. The molecule has 1 aromatic rings. The fourth-order valence-corrected chi connectivity index (χ4v) is 2.54. The number of rotatable bonds is 5. The van der Waals surface area contributed by atoms with Gasteiger partial charge in [-0.3, -0.25) is 9.59 Å².